The highest BCUT2D eigenvalue weighted by atomic mass is 35.5. The molecule has 0 aliphatic carbocycles. The van der Waals surface area contributed by atoms with Crippen molar-refractivity contribution in [1.29, 1.82) is 0 Å². The molecule has 1 fully saturated rings. The van der Waals surface area contributed by atoms with Crippen LogP contribution in [0.3, 0.4) is 0 Å². The van der Waals surface area contributed by atoms with E-state index in [0.29, 0.717) is 13.2 Å². The molecule has 3 nitrogen and oxygen atoms in total. The minimum absolute atomic E-state index is 0.0849. The highest BCUT2D eigenvalue weighted by Crippen LogP contribution is 2.28. The van der Waals surface area contributed by atoms with Crippen LogP contribution in [0, 0.1) is 5.92 Å². The van der Waals surface area contributed by atoms with Gasteiger partial charge in [0.2, 0.25) is 5.91 Å². The Kier molecular flexibility index (Phi) is 6.60. The lowest BCUT2D eigenvalue weighted by Gasteiger charge is -2.34. The van der Waals surface area contributed by atoms with Crippen LogP contribution in [0.15, 0.2) is 24.3 Å². The van der Waals surface area contributed by atoms with E-state index in [4.69, 9.17) is 16.3 Å². The molecule has 1 unspecified atom stereocenters. The molecule has 0 aromatic heterocycles. The van der Waals surface area contributed by atoms with Gasteiger partial charge in [0.15, 0.2) is 0 Å². The summed E-state index contributed by atoms with van der Waals surface area (Å²) in [7, 11) is 0. The summed E-state index contributed by atoms with van der Waals surface area (Å²) >= 11 is 7.76. The SMILES string of the molecule is CC1(C)CC(C(=O)NCCSCc2cccc(Cl)c2)CCO1. The molecule has 5 heteroatoms. The predicted octanol–water partition coefficient (Wildman–Crippen LogP) is 3.89. The summed E-state index contributed by atoms with van der Waals surface area (Å²) in [6.07, 6.45) is 1.62. The quantitative estimate of drug-likeness (QED) is 0.798. The number of benzene rings is 1. The number of rotatable bonds is 6. The van der Waals surface area contributed by atoms with Crippen LogP contribution in [-0.2, 0) is 15.3 Å². The van der Waals surface area contributed by atoms with Crippen molar-refractivity contribution in [3.63, 3.8) is 0 Å². The fourth-order valence-electron chi connectivity index (χ4n) is 2.66. The lowest BCUT2D eigenvalue weighted by atomic mass is 9.88. The highest BCUT2D eigenvalue weighted by molar-refractivity contribution is 7.98. The molecule has 1 aliphatic heterocycles. The van der Waals surface area contributed by atoms with Crippen molar-refractivity contribution < 1.29 is 9.53 Å². The standard InChI is InChI=1S/C17H24ClNO2S/c1-17(2)11-14(6-8-21-17)16(20)19-7-9-22-12-13-4-3-5-15(18)10-13/h3-5,10,14H,6-9,11-12H2,1-2H3,(H,19,20). The first-order valence-electron chi connectivity index (χ1n) is 7.70. The van der Waals surface area contributed by atoms with Gasteiger partial charge in [0, 0.05) is 35.6 Å². The first-order valence-corrected chi connectivity index (χ1v) is 9.23. The second-order valence-electron chi connectivity index (χ2n) is 6.27. The van der Waals surface area contributed by atoms with Gasteiger partial charge in [0.25, 0.3) is 0 Å². The van der Waals surface area contributed by atoms with Crippen LogP contribution in [0.5, 0.6) is 0 Å². The molecular weight excluding hydrogens is 318 g/mol. The molecule has 1 amide bonds. The lowest BCUT2D eigenvalue weighted by Crippen LogP contribution is -2.41. The lowest BCUT2D eigenvalue weighted by molar-refractivity contribution is -0.135. The average Bonchev–Trinajstić information content (AvgIpc) is 2.45. The van der Waals surface area contributed by atoms with E-state index < -0.39 is 0 Å². The second kappa shape index (κ2) is 8.23. The van der Waals surface area contributed by atoms with Gasteiger partial charge in [0.1, 0.15) is 0 Å². The third kappa shape index (κ3) is 5.82. The molecule has 1 N–H and O–H groups in total. The molecule has 1 aromatic rings. The van der Waals surface area contributed by atoms with Crippen molar-refractivity contribution in [2.24, 2.45) is 5.92 Å². The molecule has 0 bridgehead atoms. The van der Waals surface area contributed by atoms with Crippen molar-refractivity contribution in [1.82, 2.24) is 5.32 Å². The molecule has 1 atom stereocenters. The zero-order valence-corrected chi connectivity index (χ0v) is 14.8. The highest BCUT2D eigenvalue weighted by Gasteiger charge is 2.32. The molecule has 122 valence electrons. The summed E-state index contributed by atoms with van der Waals surface area (Å²) in [6.45, 7) is 5.48. The monoisotopic (exact) mass is 341 g/mol. The third-order valence-electron chi connectivity index (χ3n) is 3.77. The first kappa shape index (κ1) is 17.6. The number of ether oxygens (including phenoxy) is 1. The van der Waals surface area contributed by atoms with Crippen molar-refractivity contribution in [3.05, 3.63) is 34.9 Å². The van der Waals surface area contributed by atoms with E-state index in [1.807, 2.05) is 32.0 Å². The summed E-state index contributed by atoms with van der Waals surface area (Å²) in [5, 5.41) is 3.82. The van der Waals surface area contributed by atoms with Gasteiger partial charge in [-0.15, -0.1) is 0 Å². The van der Waals surface area contributed by atoms with E-state index in [9.17, 15) is 4.79 Å². The zero-order valence-electron chi connectivity index (χ0n) is 13.2. The van der Waals surface area contributed by atoms with Crippen LogP contribution in [0.1, 0.15) is 32.3 Å². The molecule has 2 rings (SSSR count). The number of hydrogen-bond donors (Lipinski definition) is 1. The van der Waals surface area contributed by atoms with E-state index in [1.54, 1.807) is 11.8 Å². The number of carbonyl (C=O) groups excluding carboxylic acids is 1. The maximum atomic E-state index is 12.2. The Bertz CT molecular complexity index is 507. The number of hydrogen-bond acceptors (Lipinski definition) is 3. The number of amides is 1. The maximum absolute atomic E-state index is 12.2. The molecule has 1 aromatic carbocycles. The molecule has 0 saturated carbocycles. The van der Waals surface area contributed by atoms with Gasteiger partial charge in [-0.25, -0.2) is 0 Å². The van der Waals surface area contributed by atoms with Gasteiger partial charge in [-0.3, -0.25) is 4.79 Å². The second-order valence-corrected chi connectivity index (χ2v) is 7.81. The van der Waals surface area contributed by atoms with Crippen LogP contribution in [0.4, 0.5) is 0 Å². The summed E-state index contributed by atoms with van der Waals surface area (Å²) in [6, 6.07) is 7.90. The Hall–Kier alpha value is -0.710. The zero-order chi connectivity index (χ0) is 16.0. The van der Waals surface area contributed by atoms with Crippen molar-refractivity contribution >= 4 is 29.3 Å². The number of halogens is 1. The van der Waals surface area contributed by atoms with E-state index in [-0.39, 0.29) is 17.4 Å². The first-order chi connectivity index (χ1) is 10.5. The summed E-state index contributed by atoms with van der Waals surface area (Å²) in [4.78, 5) is 12.2. The maximum Gasteiger partial charge on any atom is 0.223 e. The van der Waals surface area contributed by atoms with Crippen molar-refractivity contribution in [2.45, 2.75) is 38.0 Å². The molecule has 0 radical (unpaired) electrons. The minimum atomic E-state index is -0.179. The van der Waals surface area contributed by atoms with Gasteiger partial charge in [-0.05, 0) is 44.4 Å². The Morgan fingerprint density at radius 2 is 2.32 bits per heavy atom. The van der Waals surface area contributed by atoms with E-state index in [1.165, 1.54) is 5.56 Å². The van der Waals surface area contributed by atoms with E-state index >= 15 is 0 Å². The largest absolute Gasteiger partial charge is 0.376 e. The molecule has 1 aliphatic rings. The summed E-state index contributed by atoms with van der Waals surface area (Å²) in [5.74, 6) is 2.08. The normalized spacial score (nSPS) is 20.6. The topological polar surface area (TPSA) is 38.3 Å². The van der Waals surface area contributed by atoms with Crippen molar-refractivity contribution in [2.75, 3.05) is 18.9 Å². The molecular formula is C17H24ClNO2S. The smallest absolute Gasteiger partial charge is 0.223 e. The van der Waals surface area contributed by atoms with Gasteiger partial charge < -0.3 is 10.1 Å². The molecule has 1 saturated heterocycles. The molecule has 0 spiro atoms. The number of thioether (sulfide) groups is 1. The predicted molar refractivity (Wildman–Crippen MR) is 93.4 cm³/mol. The minimum Gasteiger partial charge on any atom is -0.376 e. The summed E-state index contributed by atoms with van der Waals surface area (Å²) < 4.78 is 5.65. The van der Waals surface area contributed by atoms with Crippen LogP contribution >= 0.6 is 23.4 Å². The molecule has 22 heavy (non-hydrogen) atoms. The third-order valence-corrected chi connectivity index (χ3v) is 5.04. The Labute approximate surface area is 142 Å². The average molecular weight is 342 g/mol. The van der Waals surface area contributed by atoms with Gasteiger partial charge in [-0.1, -0.05) is 23.7 Å². The Balaban J connectivity index is 1.63. The fraction of sp³-hybridized carbons (Fsp3) is 0.588. The van der Waals surface area contributed by atoms with Gasteiger partial charge >= 0.3 is 0 Å². The number of carbonyl (C=O) groups is 1. The van der Waals surface area contributed by atoms with Gasteiger partial charge in [0.05, 0.1) is 5.60 Å². The molecule has 1 heterocycles. The van der Waals surface area contributed by atoms with Gasteiger partial charge in [-0.2, -0.15) is 11.8 Å². The Morgan fingerprint density at radius 1 is 1.50 bits per heavy atom. The summed E-state index contributed by atoms with van der Waals surface area (Å²) in [5.41, 5.74) is 1.04. The van der Waals surface area contributed by atoms with Crippen molar-refractivity contribution in [3.8, 4) is 0 Å². The van der Waals surface area contributed by atoms with Crippen LogP contribution in [-0.4, -0.2) is 30.4 Å². The number of nitrogens with one attached hydrogen (secondary N) is 1. The van der Waals surface area contributed by atoms with Crippen LogP contribution in [0.2, 0.25) is 5.02 Å². The van der Waals surface area contributed by atoms with E-state index in [0.717, 1.165) is 29.4 Å². The Morgan fingerprint density at radius 3 is 3.05 bits per heavy atom. The van der Waals surface area contributed by atoms with E-state index in [2.05, 4.69) is 11.4 Å². The van der Waals surface area contributed by atoms with Crippen LogP contribution in [0.25, 0.3) is 0 Å². The van der Waals surface area contributed by atoms with Crippen LogP contribution < -0.4 is 5.32 Å². The fourth-order valence-corrected chi connectivity index (χ4v) is 3.68.